The Bertz CT molecular complexity index is 495. The van der Waals surface area contributed by atoms with E-state index in [4.69, 9.17) is 4.74 Å². The van der Waals surface area contributed by atoms with Crippen LogP contribution in [0.1, 0.15) is 50.0 Å². The van der Waals surface area contributed by atoms with Gasteiger partial charge < -0.3 is 4.74 Å². The number of amides is 1. The van der Waals surface area contributed by atoms with Gasteiger partial charge in [0.05, 0.1) is 12.6 Å². The highest BCUT2D eigenvalue weighted by Crippen LogP contribution is 2.07. The van der Waals surface area contributed by atoms with Crippen molar-refractivity contribution in [1.29, 1.82) is 0 Å². The van der Waals surface area contributed by atoms with Gasteiger partial charge in [-0.15, -0.1) is 0 Å². The number of hydrogen-bond donors (Lipinski definition) is 1. The zero-order chi connectivity index (χ0) is 15.8. The molecule has 0 aliphatic carbocycles. The summed E-state index contributed by atoms with van der Waals surface area (Å²) in [6, 6.07) is 7.86. The number of aryl methyl sites for hydroxylation is 1. The van der Waals surface area contributed by atoms with Crippen LogP contribution in [-0.2, 0) is 4.74 Å². The van der Waals surface area contributed by atoms with Crippen LogP contribution in [0.2, 0.25) is 0 Å². The lowest BCUT2D eigenvalue weighted by Crippen LogP contribution is -2.34. The third kappa shape index (κ3) is 5.98. The summed E-state index contributed by atoms with van der Waals surface area (Å²) in [4.78, 5) is 16.7. The standard InChI is InChI=1S/C17H26N2O2/c1-6-10-21-17(18-14(5)12(2)3)19-16(20)15-9-7-8-13(4)11-15/h7-9,11-12,14H,6,10H2,1-5H3,(H,18,19,20)/t14-/m1/s1. The van der Waals surface area contributed by atoms with Crippen LogP contribution < -0.4 is 5.32 Å². The number of ether oxygens (including phenoxy) is 1. The van der Waals surface area contributed by atoms with Gasteiger partial charge in [-0.05, 0) is 38.3 Å². The Morgan fingerprint density at radius 2 is 2.05 bits per heavy atom. The number of nitrogens with one attached hydrogen (secondary N) is 1. The molecular formula is C17H26N2O2. The summed E-state index contributed by atoms with van der Waals surface area (Å²) in [5, 5.41) is 2.77. The van der Waals surface area contributed by atoms with Crippen LogP contribution in [0.25, 0.3) is 0 Å². The number of rotatable bonds is 5. The van der Waals surface area contributed by atoms with E-state index in [1.54, 1.807) is 6.07 Å². The third-order valence-corrected chi connectivity index (χ3v) is 3.23. The molecule has 1 rings (SSSR count). The van der Waals surface area contributed by atoms with E-state index in [1.165, 1.54) is 0 Å². The molecule has 1 aromatic carbocycles. The first-order chi connectivity index (χ1) is 9.93. The molecule has 116 valence electrons. The average molecular weight is 290 g/mol. The minimum Gasteiger partial charge on any atom is -0.465 e. The molecule has 0 saturated heterocycles. The first kappa shape index (κ1) is 17.2. The lowest BCUT2D eigenvalue weighted by Gasteiger charge is -2.15. The van der Waals surface area contributed by atoms with E-state index in [-0.39, 0.29) is 11.9 Å². The summed E-state index contributed by atoms with van der Waals surface area (Å²) in [5.41, 5.74) is 1.66. The molecule has 1 amide bonds. The highest BCUT2D eigenvalue weighted by Gasteiger charge is 2.13. The minimum atomic E-state index is -0.190. The fraction of sp³-hybridized carbons (Fsp3) is 0.529. The maximum atomic E-state index is 12.2. The smallest absolute Gasteiger partial charge is 0.291 e. The molecule has 0 bridgehead atoms. The van der Waals surface area contributed by atoms with Crippen molar-refractivity contribution in [2.45, 2.75) is 47.1 Å². The van der Waals surface area contributed by atoms with Crippen LogP contribution in [0.4, 0.5) is 0 Å². The second-order valence-corrected chi connectivity index (χ2v) is 5.59. The maximum Gasteiger partial charge on any atom is 0.291 e. The fourth-order valence-electron chi connectivity index (χ4n) is 1.59. The van der Waals surface area contributed by atoms with Gasteiger partial charge in [-0.1, -0.05) is 38.5 Å². The van der Waals surface area contributed by atoms with Crippen LogP contribution in [0.3, 0.4) is 0 Å². The van der Waals surface area contributed by atoms with Crippen molar-refractivity contribution >= 4 is 11.9 Å². The van der Waals surface area contributed by atoms with Gasteiger partial charge in [0.2, 0.25) is 0 Å². The summed E-state index contributed by atoms with van der Waals surface area (Å²) >= 11 is 0. The monoisotopic (exact) mass is 290 g/mol. The normalized spacial score (nSPS) is 13.1. The molecule has 0 radical (unpaired) electrons. The number of hydrogen-bond acceptors (Lipinski definition) is 3. The molecule has 0 aliphatic rings. The Morgan fingerprint density at radius 3 is 2.62 bits per heavy atom. The second-order valence-electron chi connectivity index (χ2n) is 5.59. The van der Waals surface area contributed by atoms with E-state index in [1.807, 2.05) is 39.0 Å². The molecule has 4 nitrogen and oxygen atoms in total. The van der Waals surface area contributed by atoms with Crippen molar-refractivity contribution in [3.63, 3.8) is 0 Å². The predicted molar refractivity (Wildman–Crippen MR) is 86.6 cm³/mol. The van der Waals surface area contributed by atoms with Gasteiger partial charge in [-0.3, -0.25) is 10.1 Å². The molecule has 0 spiro atoms. The summed E-state index contributed by atoms with van der Waals surface area (Å²) < 4.78 is 5.55. The first-order valence-corrected chi connectivity index (χ1v) is 7.52. The summed E-state index contributed by atoms with van der Waals surface area (Å²) in [5.74, 6) is 0.200. The van der Waals surface area contributed by atoms with Crippen molar-refractivity contribution < 1.29 is 9.53 Å². The van der Waals surface area contributed by atoms with Crippen LogP contribution >= 0.6 is 0 Å². The number of carbonyl (C=O) groups is 1. The van der Waals surface area contributed by atoms with Crippen molar-refractivity contribution in [1.82, 2.24) is 5.32 Å². The van der Waals surface area contributed by atoms with Crippen LogP contribution in [0.5, 0.6) is 0 Å². The average Bonchev–Trinajstić information content (AvgIpc) is 2.44. The molecule has 0 unspecified atom stereocenters. The highest BCUT2D eigenvalue weighted by molar-refractivity contribution is 6.04. The van der Waals surface area contributed by atoms with Crippen molar-refractivity contribution in [3.05, 3.63) is 35.4 Å². The van der Waals surface area contributed by atoms with Crippen LogP contribution in [-0.4, -0.2) is 24.6 Å². The predicted octanol–water partition coefficient (Wildman–Crippen LogP) is 3.55. The summed E-state index contributed by atoms with van der Waals surface area (Å²) in [6.07, 6.45) is 0.870. The number of aliphatic imine (C=N–C) groups is 1. The van der Waals surface area contributed by atoms with E-state index < -0.39 is 0 Å². The Labute approximate surface area is 127 Å². The first-order valence-electron chi connectivity index (χ1n) is 7.52. The van der Waals surface area contributed by atoms with E-state index in [2.05, 4.69) is 24.2 Å². The molecule has 0 aromatic heterocycles. The molecule has 0 aliphatic heterocycles. The fourth-order valence-corrected chi connectivity index (χ4v) is 1.59. The second kappa shape index (κ2) is 8.45. The highest BCUT2D eigenvalue weighted by atomic mass is 16.5. The molecule has 0 heterocycles. The van der Waals surface area contributed by atoms with Gasteiger partial charge in [-0.2, -0.15) is 0 Å². The molecular weight excluding hydrogens is 264 g/mol. The van der Waals surface area contributed by atoms with Gasteiger partial charge in [-0.25, -0.2) is 4.99 Å². The minimum absolute atomic E-state index is 0.0923. The SMILES string of the molecule is CCCOC(=N[C@H](C)C(C)C)NC(=O)c1cccc(C)c1. The molecule has 1 N–H and O–H groups in total. The van der Waals surface area contributed by atoms with E-state index >= 15 is 0 Å². The van der Waals surface area contributed by atoms with Crippen LogP contribution in [0.15, 0.2) is 29.3 Å². The lowest BCUT2D eigenvalue weighted by atomic mass is 10.1. The lowest BCUT2D eigenvalue weighted by molar-refractivity contribution is 0.0965. The summed E-state index contributed by atoms with van der Waals surface area (Å²) in [7, 11) is 0. The molecule has 0 saturated carbocycles. The Kier molecular flexibility index (Phi) is 6.92. The Balaban J connectivity index is 2.82. The van der Waals surface area contributed by atoms with E-state index in [0.29, 0.717) is 24.1 Å². The quantitative estimate of drug-likeness (QED) is 0.666. The van der Waals surface area contributed by atoms with Crippen molar-refractivity contribution in [2.24, 2.45) is 10.9 Å². The number of amidine groups is 1. The topological polar surface area (TPSA) is 50.7 Å². The molecule has 1 aromatic rings. The Morgan fingerprint density at radius 1 is 1.33 bits per heavy atom. The maximum absolute atomic E-state index is 12.2. The molecule has 4 heteroatoms. The number of nitrogens with zero attached hydrogens (tertiary/aromatic N) is 1. The third-order valence-electron chi connectivity index (χ3n) is 3.23. The Hall–Kier alpha value is -1.84. The van der Waals surface area contributed by atoms with Crippen molar-refractivity contribution in [2.75, 3.05) is 6.61 Å². The molecule has 21 heavy (non-hydrogen) atoms. The van der Waals surface area contributed by atoms with Gasteiger partial charge in [0, 0.05) is 5.56 Å². The van der Waals surface area contributed by atoms with Gasteiger partial charge in [0.1, 0.15) is 0 Å². The number of carbonyl (C=O) groups excluding carboxylic acids is 1. The van der Waals surface area contributed by atoms with Gasteiger partial charge in [0.15, 0.2) is 0 Å². The number of benzene rings is 1. The molecule has 1 atom stereocenters. The zero-order valence-corrected chi connectivity index (χ0v) is 13.6. The molecule has 0 fully saturated rings. The summed E-state index contributed by atoms with van der Waals surface area (Å²) in [6.45, 7) is 10.7. The zero-order valence-electron chi connectivity index (χ0n) is 13.6. The van der Waals surface area contributed by atoms with E-state index in [9.17, 15) is 4.79 Å². The largest absolute Gasteiger partial charge is 0.465 e. The van der Waals surface area contributed by atoms with E-state index in [0.717, 1.165) is 12.0 Å². The van der Waals surface area contributed by atoms with Crippen molar-refractivity contribution in [3.8, 4) is 0 Å². The van der Waals surface area contributed by atoms with Gasteiger partial charge >= 0.3 is 0 Å². The van der Waals surface area contributed by atoms with Gasteiger partial charge in [0.25, 0.3) is 11.9 Å². The van der Waals surface area contributed by atoms with Crippen LogP contribution in [0, 0.1) is 12.8 Å².